The minimum atomic E-state index is -0.552. The van der Waals surface area contributed by atoms with Gasteiger partial charge >= 0.3 is 11.8 Å². The predicted octanol–water partition coefficient (Wildman–Crippen LogP) is 3.62. The summed E-state index contributed by atoms with van der Waals surface area (Å²) in [6.07, 6.45) is 0.910. The number of hydrogen-bond acceptors (Lipinski definition) is 6. The molecule has 8 nitrogen and oxygen atoms in total. The third-order valence-corrected chi connectivity index (χ3v) is 2.79. The number of carbonyl (C=O) groups is 1. The summed E-state index contributed by atoms with van der Waals surface area (Å²) in [5.74, 6) is 0.500. The van der Waals surface area contributed by atoms with E-state index < -0.39 is 16.6 Å². The highest BCUT2D eigenvalue weighted by atomic mass is 16.6. The zero-order valence-electron chi connectivity index (χ0n) is 13.6. The van der Waals surface area contributed by atoms with Crippen LogP contribution in [0.1, 0.15) is 20.8 Å². The van der Waals surface area contributed by atoms with Crippen molar-refractivity contribution in [3.63, 3.8) is 0 Å². The van der Waals surface area contributed by atoms with Crippen molar-refractivity contribution < 1.29 is 14.5 Å². The van der Waals surface area contributed by atoms with Crippen molar-refractivity contribution in [2.75, 3.05) is 5.32 Å². The van der Waals surface area contributed by atoms with Gasteiger partial charge in [-0.3, -0.25) is 10.1 Å². The molecule has 0 aliphatic carbocycles. The molecule has 1 aromatic heterocycles. The van der Waals surface area contributed by atoms with E-state index in [4.69, 9.17) is 4.74 Å². The van der Waals surface area contributed by atoms with Crippen molar-refractivity contribution in [2.45, 2.75) is 26.3 Å². The number of nitro groups is 1. The van der Waals surface area contributed by atoms with E-state index >= 15 is 0 Å². The summed E-state index contributed by atoms with van der Waals surface area (Å²) in [4.78, 5) is 26.1. The highest BCUT2D eigenvalue weighted by molar-refractivity contribution is 5.72. The largest absolute Gasteiger partial charge is 0.413 e. The van der Waals surface area contributed by atoms with E-state index in [9.17, 15) is 14.9 Å². The van der Waals surface area contributed by atoms with Crippen LogP contribution in [-0.4, -0.2) is 21.5 Å². The van der Waals surface area contributed by atoms with Gasteiger partial charge in [0.15, 0.2) is 0 Å². The highest BCUT2D eigenvalue weighted by Crippen LogP contribution is 2.25. The zero-order valence-corrected chi connectivity index (χ0v) is 13.6. The Kier molecular flexibility index (Phi) is 4.98. The minimum absolute atomic E-state index is 0.123. The molecule has 1 heterocycles. The Morgan fingerprint density at radius 1 is 1.21 bits per heavy atom. The number of rotatable bonds is 4. The summed E-state index contributed by atoms with van der Waals surface area (Å²) in [7, 11) is 0. The summed E-state index contributed by atoms with van der Waals surface area (Å²) >= 11 is 0. The Morgan fingerprint density at radius 3 is 2.46 bits per heavy atom. The average Bonchev–Trinajstić information content (AvgIpc) is 2.47. The molecule has 0 aliphatic heterocycles. The second kappa shape index (κ2) is 6.95. The number of carbonyl (C=O) groups excluding carboxylic acids is 1. The third-order valence-electron chi connectivity index (χ3n) is 2.79. The molecule has 1 aromatic carbocycles. The number of pyridine rings is 1. The first kappa shape index (κ1) is 17.2. The number of aromatic nitrogens is 1. The normalized spacial score (nSPS) is 10.8. The quantitative estimate of drug-likeness (QED) is 0.655. The van der Waals surface area contributed by atoms with Crippen LogP contribution < -0.4 is 15.4 Å². The number of hydrogen-bond donors (Lipinski definition) is 2. The Bertz CT molecular complexity index is 738. The highest BCUT2D eigenvalue weighted by Gasteiger charge is 2.16. The molecule has 8 heteroatoms. The fourth-order valence-corrected chi connectivity index (χ4v) is 1.82. The SMILES string of the molecule is CC(C)(C)NC(=O)Oc1ccc(Nc2ncccc2[N+](=O)[O-])cc1. The van der Waals surface area contributed by atoms with Gasteiger partial charge in [0.2, 0.25) is 5.82 Å². The molecule has 2 aromatic rings. The van der Waals surface area contributed by atoms with Gasteiger partial charge in [0, 0.05) is 23.5 Å². The van der Waals surface area contributed by atoms with E-state index in [1.807, 2.05) is 20.8 Å². The van der Waals surface area contributed by atoms with E-state index in [1.165, 1.54) is 18.3 Å². The monoisotopic (exact) mass is 330 g/mol. The zero-order chi connectivity index (χ0) is 17.7. The Balaban J connectivity index is 2.05. The van der Waals surface area contributed by atoms with Gasteiger partial charge in [-0.1, -0.05) is 0 Å². The van der Waals surface area contributed by atoms with E-state index in [-0.39, 0.29) is 11.5 Å². The molecule has 1 amide bonds. The first-order chi connectivity index (χ1) is 11.2. The van der Waals surface area contributed by atoms with Gasteiger partial charge in [0.1, 0.15) is 5.75 Å². The molecule has 0 saturated carbocycles. The molecular weight excluding hydrogens is 312 g/mol. The van der Waals surface area contributed by atoms with E-state index in [0.29, 0.717) is 11.4 Å². The number of nitrogens with one attached hydrogen (secondary N) is 2. The van der Waals surface area contributed by atoms with Crippen LogP contribution in [0.4, 0.5) is 22.0 Å². The van der Waals surface area contributed by atoms with Gasteiger partial charge in [0.25, 0.3) is 0 Å². The lowest BCUT2D eigenvalue weighted by molar-refractivity contribution is -0.384. The van der Waals surface area contributed by atoms with Crippen LogP contribution in [0.2, 0.25) is 0 Å². The molecule has 0 saturated heterocycles. The second-order valence-corrected chi connectivity index (χ2v) is 6.04. The molecule has 24 heavy (non-hydrogen) atoms. The smallest absolute Gasteiger partial charge is 0.410 e. The first-order valence-corrected chi connectivity index (χ1v) is 7.21. The predicted molar refractivity (Wildman–Crippen MR) is 89.5 cm³/mol. The fourth-order valence-electron chi connectivity index (χ4n) is 1.82. The summed E-state index contributed by atoms with van der Waals surface area (Å²) in [6.45, 7) is 5.54. The molecule has 2 N–H and O–H groups in total. The molecule has 0 bridgehead atoms. The maximum absolute atomic E-state index is 11.7. The van der Waals surface area contributed by atoms with Crippen LogP contribution in [-0.2, 0) is 0 Å². The van der Waals surface area contributed by atoms with Gasteiger partial charge < -0.3 is 15.4 Å². The average molecular weight is 330 g/mol. The van der Waals surface area contributed by atoms with Crippen LogP contribution in [0.25, 0.3) is 0 Å². The van der Waals surface area contributed by atoms with Crippen molar-refractivity contribution in [3.8, 4) is 5.75 Å². The van der Waals surface area contributed by atoms with Crippen molar-refractivity contribution in [2.24, 2.45) is 0 Å². The Morgan fingerprint density at radius 2 is 1.88 bits per heavy atom. The maximum Gasteiger partial charge on any atom is 0.413 e. The van der Waals surface area contributed by atoms with Crippen molar-refractivity contribution in [1.29, 1.82) is 0 Å². The van der Waals surface area contributed by atoms with E-state index in [1.54, 1.807) is 24.3 Å². The maximum atomic E-state index is 11.7. The van der Waals surface area contributed by atoms with Crippen molar-refractivity contribution in [3.05, 3.63) is 52.7 Å². The van der Waals surface area contributed by atoms with Gasteiger partial charge in [-0.05, 0) is 51.1 Å². The summed E-state index contributed by atoms with van der Waals surface area (Å²) in [5, 5.41) is 16.5. The molecule has 0 spiro atoms. The van der Waals surface area contributed by atoms with Crippen molar-refractivity contribution in [1.82, 2.24) is 10.3 Å². The molecule has 0 aliphatic rings. The lowest BCUT2D eigenvalue weighted by Crippen LogP contribution is -2.42. The number of amides is 1. The van der Waals surface area contributed by atoms with Crippen LogP contribution in [0.15, 0.2) is 42.6 Å². The standard InChI is InChI=1S/C16H18N4O4/c1-16(2,3)19-15(21)24-12-8-6-11(7-9-12)18-14-13(20(22)23)5-4-10-17-14/h4-10H,1-3H3,(H,17,18)(H,19,21). The molecule has 0 atom stereocenters. The lowest BCUT2D eigenvalue weighted by Gasteiger charge is -2.19. The van der Waals surface area contributed by atoms with Crippen LogP contribution >= 0.6 is 0 Å². The topological polar surface area (TPSA) is 106 Å². The fraction of sp³-hybridized carbons (Fsp3) is 0.250. The molecule has 0 fully saturated rings. The molecule has 2 rings (SSSR count). The van der Waals surface area contributed by atoms with Gasteiger partial charge in [-0.2, -0.15) is 0 Å². The van der Waals surface area contributed by atoms with Gasteiger partial charge in [-0.15, -0.1) is 0 Å². The third kappa shape index (κ3) is 4.94. The number of anilines is 2. The number of benzene rings is 1. The van der Waals surface area contributed by atoms with E-state index in [2.05, 4.69) is 15.6 Å². The Labute approximate surface area is 139 Å². The molecule has 0 unspecified atom stereocenters. The summed E-state index contributed by atoms with van der Waals surface area (Å²) < 4.78 is 5.16. The van der Waals surface area contributed by atoms with Crippen LogP contribution in [0.5, 0.6) is 5.75 Å². The van der Waals surface area contributed by atoms with Crippen molar-refractivity contribution >= 4 is 23.3 Å². The molecule has 126 valence electrons. The number of nitrogens with zero attached hydrogens (tertiary/aromatic N) is 2. The van der Waals surface area contributed by atoms with E-state index in [0.717, 1.165) is 0 Å². The van der Waals surface area contributed by atoms with Gasteiger partial charge in [0.05, 0.1) is 4.92 Å². The lowest BCUT2D eigenvalue weighted by atomic mass is 10.1. The Hall–Kier alpha value is -3.16. The summed E-state index contributed by atoms with van der Waals surface area (Å²) in [6, 6.07) is 9.30. The van der Waals surface area contributed by atoms with Gasteiger partial charge in [-0.25, -0.2) is 9.78 Å². The summed E-state index contributed by atoms with van der Waals surface area (Å²) in [5.41, 5.74) is 0.0685. The minimum Gasteiger partial charge on any atom is -0.410 e. The first-order valence-electron chi connectivity index (χ1n) is 7.21. The molecule has 0 radical (unpaired) electrons. The van der Waals surface area contributed by atoms with Crippen LogP contribution in [0, 0.1) is 10.1 Å². The number of ether oxygens (including phenoxy) is 1. The molecular formula is C16H18N4O4. The van der Waals surface area contributed by atoms with Crippen LogP contribution in [0.3, 0.4) is 0 Å². The second-order valence-electron chi connectivity index (χ2n) is 6.04.